The first-order valence-corrected chi connectivity index (χ1v) is 13.0. The second kappa shape index (κ2) is 16.4. The zero-order valence-corrected chi connectivity index (χ0v) is 28.8. The van der Waals surface area contributed by atoms with Crippen molar-refractivity contribution in [2.24, 2.45) is 0 Å². The number of phosphoric acid groups is 2. The van der Waals surface area contributed by atoms with Gasteiger partial charge in [0.05, 0.1) is 6.61 Å². The number of ether oxygens (including phenoxy) is 2. The van der Waals surface area contributed by atoms with Crippen LogP contribution in [0, 0.1) is 0 Å². The van der Waals surface area contributed by atoms with Crippen LogP contribution >= 0.6 is 15.6 Å². The van der Waals surface area contributed by atoms with E-state index < -0.39 is 94.7 Å². The van der Waals surface area contributed by atoms with Crippen LogP contribution < -0.4 is 11.2 Å². The molecule has 1 aromatic rings. The van der Waals surface area contributed by atoms with Gasteiger partial charge in [-0.25, -0.2) is 18.7 Å². The minimum atomic E-state index is -5.72. The van der Waals surface area contributed by atoms with Crippen LogP contribution in [-0.4, -0.2) is 200 Å². The molecule has 1 aromatic heterocycles. The first kappa shape index (κ1) is 41.1. The van der Waals surface area contributed by atoms with E-state index in [1.54, 1.807) is 0 Å². The molecule has 0 amide bonds. The summed E-state index contributed by atoms with van der Waals surface area (Å²) in [4.78, 5) is 55.5. The van der Waals surface area contributed by atoms with Gasteiger partial charge >= 0.3 is 27.3 Å². The van der Waals surface area contributed by atoms with Crippen LogP contribution in [0.3, 0.4) is 0 Å². The summed E-state index contributed by atoms with van der Waals surface area (Å²) in [6.07, 6.45) is -17.2. The van der Waals surface area contributed by atoms with Gasteiger partial charge in [-0.05, 0) is 0 Å². The van der Waals surface area contributed by atoms with Crippen molar-refractivity contribution in [1.29, 1.82) is 0 Å². The van der Waals surface area contributed by atoms with Gasteiger partial charge in [0.1, 0.15) is 36.6 Å². The Kier molecular flexibility index (Phi) is 16.9. The van der Waals surface area contributed by atoms with Crippen LogP contribution in [0.4, 0.5) is 0 Å². The number of phosphoric ester groups is 2. The Morgan fingerprint density at radius 3 is 2.08 bits per heavy atom. The number of H-pyrrole nitrogens is 1. The number of carboxylic acids is 1. The largest absolute Gasteiger partial charge is 0.483 e. The number of aromatic amines is 1. The third-order valence-corrected chi connectivity index (χ3v) is 7.72. The molecule has 2 unspecified atom stereocenters. The fourth-order valence-electron chi connectivity index (χ4n) is 3.34. The van der Waals surface area contributed by atoms with Gasteiger partial charge in [0.25, 0.3) is 5.56 Å². The number of nitrogens with one attached hydrogen (secondary N) is 1. The number of carbonyl (C=O) groups is 1. The van der Waals surface area contributed by atoms with E-state index in [0.717, 1.165) is 12.3 Å². The number of rotatable bonds is 9. The molecule has 213 valence electrons. The van der Waals surface area contributed by atoms with E-state index in [1.165, 1.54) is 0 Å². The van der Waals surface area contributed by atoms with Gasteiger partial charge in [0.15, 0.2) is 18.6 Å². The molecular formula is C15H22N2Na3O18P2. The fourth-order valence-corrected chi connectivity index (χ4v) is 5.49. The number of aliphatic hydroxyl groups excluding tert-OH is 5. The van der Waals surface area contributed by atoms with E-state index in [2.05, 4.69) is 18.1 Å². The average Bonchev–Trinajstić information content (AvgIpc) is 3.05. The monoisotopic (exact) mass is 649 g/mol. The first-order valence-electron chi connectivity index (χ1n) is 9.98. The molecule has 40 heavy (non-hydrogen) atoms. The third kappa shape index (κ3) is 10.1. The van der Waals surface area contributed by atoms with Gasteiger partial charge in [0.2, 0.25) is 0 Å². The standard InChI is InChI=1S/C15H22N2O18P2.3Na/c18-5-1-2-17(15(26)16-5)12-9(22)6(19)4(32-12)3-31-36(27,28)35-37(29,30)34-14-10(23)7(20)8(21)11(33-14)13(24)25;;;/h1-2,4,6-12,14,19-23H,3H2,(H,24,25)(H,27,28)(H,29,30)(H,16,18,26);;;/t4-,6-,7+,8-,9-,10-,11+,12-,14-;;;/m1.../s1. The number of aromatic nitrogens is 2. The van der Waals surface area contributed by atoms with Crippen LogP contribution in [0.1, 0.15) is 6.23 Å². The summed E-state index contributed by atoms with van der Waals surface area (Å²) in [5.74, 6) is -1.85. The normalized spacial score (nSPS) is 34.7. The number of aliphatic carboxylic acids is 1. The molecule has 3 rings (SSSR count). The molecule has 0 aromatic carbocycles. The first-order chi connectivity index (χ1) is 17.0. The maximum Gasteiger partial charge on any atom is 0.483 e. The third-order valence-electron chi connectivity index (χ3n) is 5.12. The van der Waals surface area contributed by atoms with E-state index >= 15 is 0 Å². The Balaban J connectivity index is 0.00000507. The smallest absolute Gasteiger partial charge is 0.479 e. The Bertz CT molecular complexity index is 1220. The van der Waals surface area contributed by atoms with Crippen molar-refractivity contribution < 1.29 is 77.2 Å². The van der Waals surface area contributed by atoms with Gasteiger partial charge in [-0.15, -0.1) is 0 Å². The van der Waals surface area contributed by atoms with E-state index in [-0.39, 0.29) is 88.7 Å². The van der Waals surface area contributed by atoms with E-state index in [1.807, 2.05) is 4.98 Å². The Labute approximate surface area is 289 Å². The minimum absolute atomic E-state index is 0. The summed E-state index contributed by atoms with van der Waals surface area (Å²) in [6.45, 7) is -1.07. The molecule has 3 radical (unpaired) electrons. The van der Waals surface area contributed by atoms with Gasteiger partial charge < -0.3 is 49.9 Å². The molecule has 2 aliphatic heterocycles. The summed E-state index contributed by atoms with van der Waals surface area (Å²) < 4.78 is 47.6. The quantitative estimate of drug-likeness (QED) is 0.0888. The number of hydrogen-bond donors (Lipinski definition) is 9. The van der Waals surface area contributed by atoms with Crippen LogP contribution in [-0.2, 0) is 36.8 Å². The zero-order chi connectivity index (χ0) is 27.9. The zero-order valence-electron chi connectivity index (χ0n) is 21.1. The summed E-state index contributed by atoms with van der Waals surface area (Å²) in [5, 5.41) is 58.3. The number of hydrogen-bond acceptors (Lipinski definition) is 15. The number of carboxylic acid groups (broad SMARTS) is 1. The Hall–Kier alpha value is 1.13. The number of nitrogens with zero attached hydrogens (tertiary/aromatic N) is 1. The molecule has 20 nitrogen and oxygen atoms in total. The van der Waals surface area contributed by atoms with Crippen molar-refractivity contribution >= 4 is 110 Å². The summed E-state index contributed by atoms with van der Waals surface area (Å²) in [6, 6.07) is 0.910. The molecule has 25 heteroatoms. The molecule has 2 fully saturated rings. The summed E-state index contributed by atoms with van der Waals surface area (Å²) in [7, 11) is -11.3. The Morgan fingerprint density at radius 1 is 0.925 bits per heavy atom. The fraction of sp³-hybridized carbons (Fsp3) is 0.667. The second-order valence-corrected chi connectivity index (χ2v) is 10.7. The van der Waals surface area contributed by atoms with Crippen LogP contribution in [0.5, 0.6) is 0 Å². The predicted molar refractivity (Wildman–Crippen MR) is 127 cm³/mol. The minimum Gasteiger partial charge on any atom is -0.479 e. The molecule has 9 N–H and O–H groups in total. The average molecular weight is 649 g/mol. The van der Waals surface area contributed by atoms with Crippen molar-refractivity contribution in [3.05, 3.63) is 33.1 Å². The molecule has 0 bridgehead atoms. The van der Waals surface area contributed by atoms with Crippen molar-refractivity contribution in [2.45, 2.75) is 55.2 Å². The van der Waals surface area contributed by atoms with Gasteiger partial charge in [-0.1, -0.05) is 0 Å². The van der Waals surface area contributed by atoms with E-state index in [9.17, 15) is 58.8 Å². The van der Waals surface area contributed by atoms with Crippen molar-refractivity contribution in [3.8, 4) is 0 Å². The molecule has 0 aliphatic carbocycles. The van der Waals surface area contributed by atoms with Gasteiger partial charge in [-0.3, -0.25) is 23.4 Å². The van der Waals surface area contributed by atoms with E-state index in [0.29, 0.717) is 4.57 Å². The maximum atomic E-state index is 12.2. The topological polar surface area (TPSA) is 314 Å². The molecular weight excluding hydrogens is 627 g/mol. The SMILES string of the molecule is O=C(O)[C@H]1O[C@H](OP(=O)(O)OP(=O)(O)OC[C@H]2O[C@@H](n3ccc(=O)[nH]c3=O)[C@H](O)[C@@H]2O)[C@H](O)[C@@H](O)[C@H]1O.[Na].[Na].[Na]. The molecule has 2 aliphatic rings. The molecule has 3 heterocycles. The summed E-state index contributed by atoms with van der Waals surface area (Å²) >= 11 is 0. The van der Waals surface area contributed by atoms with E-state index in [4.69, 9.17) is 9.84 Å². The second-order valence-electron chi connectivity index (χ2n) is 7.72. The van der Waals surface area contributed by atoms with Crippen LogP contribution in [0.15, 0.2) is 21.9 Å². The maximum absolute atomic E-state index is 12.2. The van der Waals surface area contributed by atoms with Crippen LogP contribution in [0.25, 0.3) is 0 Å². The predicted octanol–water partition coefficient (Wildman–Crippen LogP) is -5.84. The molecule has 0 saturated carbocycles. The molecule has 11 atom stereocenters. The van der Waals surface area contributed by atoms with Crippen molar-refractivity contribution in [1.82, 2.24) is 9.55 Å². The molecule has 2 saturated heterocycles. The molecule has 0 spiro atoms. The number of aliphatic hydroxyl groups is 5. The Morgan fingerprint density at radius 2 is 1.52 bits per heavy atom. The van der Waals surface area contributed by atoms with Gasteiger partial charge in [0, 0.05) is 101 Å². The summed E-state index contributed by atoms with van der Waals surface area (Å²) in [5.41, 5.74) is -1.78. The van der Waals surface area contributed by atoms with Crippen molar-refractivity contribution in [3.63, 3.8) is 0 Å². The van der Waals surface area contributed by atoms with Crippen LogP contribution in [0.2, 0.25) is 0 Å². The van der Waals surface area contributed by atoms with Crippen molar-refractivity contribution in [2.75, 3.05) is 6.61 Å². The van der Waals surface area contributed by atoms with Gasteiger partial charge in [-0.2, -0.15) is 4.31 Å².